The van der Waals surface area contributed by atoms with Crippen molar-refractivity contribution in [2.24, 2.45) is 11.8 Å². The van der Waals surface area contributed by atoms with Gasteiger partial charge in [-0.1, -0.05) is 0 Å². The molecule has 2 amide bonds. The molecule has 0 saturated carbocycles. The minimum absolute atomic E-state index is 0.0107. The van der Waals surface area contributed by atoms with E-state index < -0.39 is 0 Å². The molecule has 1 atom stereocenters. The highest BCUT2D eigenvalue weighted by atomic mass is 16.7. The van der Waals surface area contributed by atoms with Gasteiger partial charge >= 0.3 is 6.03 Å². The Morgan fingerprint density at radius 3 is 2.47 bits per heavy atom. The van der Waals surface area contributed by atoms with E-state index in [0.717, 1.165) is 58.1 Å². The Hall–Kier alpha value is -0.850. The lowest BCUT2D eigenvalue weighted by Gasteiger charge is -2.44. The van der Waals surface area contributed by atoms with E-state index >= 15 is 0 Å². The maximum atomic E-state index is 11.8. The molecule has 1 N–H and O–H groups in total. The largest absolute Gasteiger partial charge is 0.381 e. The third-order valence-electron chi connectivity index (χ3n) is 4.33. The molecule has 0 bridgehead atoms. The highest BCUT2D eigenvalue weighted by Gasteiger charge is 2.37. The van der Waals surface area contributed by atoms with Gasteiger partial charge in [-0.25, -0.2) is 10.3 Å². The summed E-state index contributed by atoms with van der Waals surface area (Å²) in [5, 5.41) is 0. The highest BCUT2D eigenvalue weighted by molar-refractivity contribution is 5.73. The van der Waals surface area contributed by atoms with Gasteiger partial charge in [0.2, 0.25) is 0 Å². The number of amides is 2. The number of hydrogen-bond donors (Lipinski definition) is 1. The number of likely N-dealkylation sites (tertiary alicyclic amines) is 1. The first-order chi connectivity index (χ1) is 9.33. The second-order valence-corrected chi connectivity index (χ2v) is 5.63. The van der Waals surface area contributed by atoms with Gasteiger partial charge in [-0.15, -0.1) is 0 Å². The maximum Gasteiger partial charge on any atom is 0.341 e. The van der Waals surface area contributed by atoms with Crippen molar-refractivity contribution in [3.63, 3.8) is 0 Å². The molecular weight excluding hydrogens is 248 g/mol. The SMILES string of the molecule is O=C(NOC1CCOC1)N1CC(C2CCOCC2)C1. The van der Waals surface area contributed by atoms with Crippen LogP contribution >= 0.6 is 0 Å². The van der Waals surface area contributed by atoms with E-state index in [1.54, 1.807) is 0 Å². The molecule has 1 unspecified atom stereocenters. The predicted molar refractivity (Wildman–Crippen MR) is 67.4 cm³/mol. The lowest BCUT2D eigenvalue weighted by Crippen LogP contribution is -2.56. The van der Waals surface area contributed by atoms with Crippen LogP contribution in [0.5, 0.6) is 0 Å². The zero-order valence-corrected chi connectivity index (χ0v) is 11.2. The van der Waals surface area contributed by atoms with Gasteiger partial charge < -0.3 is 14.4 Å². The monoisotopic (exact) mass is 270 g/mol. The first-order valence-corrected chi connectivity index (χ1v) is 7.19. The van der Waals surface area contributed by atoms with Crippen LogP contribution in [0, 0.1) is 11.8 Å². The number of carbonyl (C=O) groups excluding carboxylic acids is 1. The lowest BCUT2D eigenvalue weighted by molar-refractivity contribution is -0.0334. The molecule has 3 aliphatic rings. The Morgan fingerprint density at radius 1 is 1.05 bits per heavy atom. The predicted octanol–water partition coefficient (Wildman–Crippen LogP) is 0.775. The van der Waals surface area contributed by atoms with Crippen LogP contribution in [-0.2, 0) is 14.3 Å². The summed E-state index contributed by atoms with van der Waals surface area (Å²) in [5.41, 5.74) is 2.53. The minimum Gasteiger partial charge on any atom is -0.381 e. The van der Waals surface area contributed by atoms with Crippen molar-refractivity contribution < 1.29 is 19.1 Å². The van der Waals surface area contributed by atoms with E-state index in [0.29, 0.717) is 12.5 Å². The van der Waals surface area contributed by atoms with Gasteiger partial charge in [0, 0.05) is 39.3 Å². The number of urea groups is 1. The van der Waals surface area contributed by atoms with E-state index in [1.807, 2.05) is 4.90 Å². The average Bonchev–Trinajstić information content (AvgIpc) is 2.89. The van der Waals surface area contributed by atoms with E-state index in [-0.39, 0.29) is 12.1 Å². The molecule has 0 aromatic heterocycles. The summed E-state index contributed by atoms with van der Waals surface area (Å²) in [6.45, 7) is 4.74. The first-order valence-electron chi connectivity index (χ1n) is 7.19. The van der Waals surface area contributed by atoms with Crippen LogP contribution in [0.2, 0.25) is 0 Å². The van der Waals surface area contributed by atoms with Gasteiger partial charge in [0.15, 0.2) is 0 Å². The Bertz CT molecular complexity index is 308. The van der Waals surface area contributed by atoms with Crippen LogP contribution in [-0.4, -0.2) is 56.6 Å². The number of hydroxylamine groups is 1. The van der Waals surface area contributed by atoms with Crippen LogP contribution in [0.15, 0.2) is 0 Å². The van der Waals surface area contributed by atoms with Gasteiger partial charge in [0.25, 0.3) is 0 Å². The Balaban J connectivity index is 1.34. The molecule has 0 aromatic carbocycles. The lowest BCUT2D eigenvalue weighted by atomic mass is 9.81. The summed E-state index contributed by atoms with van der Waals surface area (Å²) < 4.78 is 10.5. The summed E-state index contributed by atoms with van der Waals surface area (Å²) >= 11 is 0. The molecule has 3 heterocycles. The average molecular weight is 270 g/mol. The first kappa shape index (κ1) is 13.1. The van der Waals surface area contributed by atoms with Gasteiger partial charge in [-0.3, -0.25) is 4.84 Å². The van der Waals surface area contributed by atoms with Gasteiger partial charge in [0.1, 0.15) is 6.10 Å². The van der Waals surface area contributed by atoms with Crippen LogP contribution in [0.4, 0.5) is 4.79 Å². The summed E-state index contributed by atoms with van der Waals surface area (Å²) in [6, 6.07) is -0.116. The smallest absolute Gasteiger partial charge is 0.341 e. The molecule has 0 aromatic rings. The number of nitrogens with one attached hydrogen (secondary N) is 1. The van der Waals surface area contributed by atoms with Crippen molar-refractivity contribution in [3.8, 4) is 0 Å². The van der Waals surface area contributed by atoms with E-state index in [1.165, 1.54) is 0 Å². The quantitative estimate of drug-likeness (QED) is 0.770. The summed E-state index contributed by atoms with van der Waals surface area (Å²) in [4.78, 5) is 19.0. The normalized spacial score (nSPS) is 29.3. The van der Waals surface area contributed by atoms with Crippen LogP contribution in [0.1, 0.15) is 19.3 Å². The van der Waals surface area contributed by atoms with Gasteiger partial charge in [0.05, 0.1) is 6.61 Å². The third kappa shape index (κ3) is 3.19. The zero-order chi connectivity index (χ0) is 13.1. The van der Waals surface area contributed by atoms with E-state index in [2.05, 4.69) is 5.48 Å². The fourth-order valence-electron chi connectivity index (χ4n) is 2.97. The Kier molecular flexibility index (Phi) is 4.20. The van der Waals surface area contributed by atoms with E-state index in [9.17, 15) is 4.79 Å². The van der Waals surface area contributed by atoms with Crippen molar-refractivity contribution in [2.75, 3.05) is 39.5 Å². The third-order valence-corrected chi connectivity index (χ3v) is 4.33. The molecule has 19 heavy (non-hydrogen) atoms. The minimum atomic E-state index is -0.116. The highest BCUT2D eigenvalue weighted by Crippen LogP contribution is 2.30. The van der Waals surface area contributed by atoms with Gasteiger partial charge in [-0.2, -0.15) is 0 Å². The molecule has 3 aliphatic heterocycles. The van der Waals surface area contributed by atoms with Crippen molar-refractivity contribution in [3.05, 3.63) is 0 Å². The fourth-order valence-corrected chi connectivity index (χ4v) is 2.97. The number of rotatable bonds is 3. The number of nitrogens with zero attached hydrogens (tertiary/aromatic N) is 1. The molecule has 6 nitrogen and oxygen atoms in total. The standard InChI is InChI=1S/C13H22N2O4/c16-13(14-19-12-3-6-18-9-12)15-7-11(8-15)10-1-4-17-5-2-10/h10-12H,1-9H2,(H,14,16). The Labute approximate surface area is 113 Å². The molecule has 3 saturated heterocycles. The molecule has 6 heteroatoms. The van der Waals surface area contributed by atoms with Crippen LogP contribution in [0.25, 0.3) is 0 Å². The summed E-state index contributed by atoms with van der Waals surface area (Å²) in [7, 11) is 0. The summed E-state index contributed by atoms with van der Waals surface area (Å²) in [5.74, 6) is 1.37. The van der Waals surface area contributed by atoms with Crippen molar-refractivity contribution in [1.29, 1.82) is 0 Å². The van der Waals surface area contributed by atoms with E-state index in [4.69, 9.17) is 14.3 Å². The second kappa shape index (κ2) is 6.07. The fraction of sp³-hybridized carbons (Fsp3) is 0.923. The molecule has 3 fully saturated rings. The zero-order valence-electron chi connectivity index (χ0n) is 11.2. The van der Waals surface area contributed by atoms with Gasteiger partial charge in [-0.05, 0) is 24.7 Å². The molecule has 0 radical (unpaired) electrons. The number of carbonyl (C=O) groups is 1. The van der Waals surface area contributed by atoms with Crippen molar-refractivity contribution in [1.82, 2.24) is 10.4 Å². The molecular formula is C13H22N2O4. The molecule has 0 aliphatic carbocycles. The molecule has 0 spiro atoms. The second-order valence-electron chi connectivity index (χ2n) is 5.63. The molecule has 3 rings (SSSR count). The molecule has 108 valence electrons. The number of hydrogen-bond acceptors (Lipinski definition) is 4. The van der Waals surface area contributed by atoms with Crippen LogP contribution in [0.3, 0.4) is 0 Å². The summed E-state index contributed by atoms with van der Waals surface area (Å²) in [6.07, 6.45) is 3.13. The maximum absolute atomic E-state index is 11.8. The van der Waals surface area contributed by atoms with Crippen molar-refractivity contribution >= 4 is 6.03 Å². The number of ether oxygens (including phenoxy) is 2. The topological polar surface area (TPSA) is 60.0 Å². The Morgan fingerprint density at radius 2 is 1.79 bits per heavy atom. The van der Waals surface area contributed by atoms with Crippen LogP contribution < -0.4 is 5.48 Å². The van der Waals surface area contributed by atoms with Crippen molar-refractivity contribution in [2.45, 2.75) is 25.4 Å².